The molecule has 3 rings (SSSR count). The van der Waals surface area contributed by atoms with Crippen molar-refractivity contribution in [3.63, 3.8) is 0 Å². The average molecular weight is 251 g/mol. The molecule has 0 saturated carbocycles. The summed E-state index contributed by atoms with van der Waals surface area (Å²) in [5, 5.41) is 4.48. The number of aromatic nitrogens is 4. The van der Waals surface area contributed by atoms with E-state index in [1.807, 2.05) is 37.4 Å². The molecular formula is C14H13N5. The Morgan fingerprint density at radius 1 is 1.05 bits per heavy atom. The molecule has 0 spiro atoms. The Labute approximate surface area is 110 Å². The van der Waals surface area contributed by atoms with Crippen molar-refractivity contribution < 1.29 is 0 Å². The summed E-state index contributed by atoms with van der Waals surface area (Å²) in [6.45, 7) is 0. The van der Waals surface area contributed by atoms with Crippen LogP contribution in [0.4, 0.5) is 5.82 Å². The SMILES string of the molecule is Cn1nc(-c2ccncc2)c(-c2ccccn2)c1N. The number of nitrogens with two attached hydrogens (primary N) is 1. The maximum atomic E-state index is 6.12. The maximum absolute atomic E-state index is 6.12. The summed E-state index contributed by atoms with van der Waals surface area (Å²) in [5.74, 6) is 0.602. The molecule has 0 amide bonds. The minimum atomic E-state index is 0.602. The minimum Gasteiger partial charge on any atom is -0.383 e. The molecule has 19 heavy (non-hydrogen) atoms. The molecule has 0 saturated heterocycles. The predicted octanol–water partition coefficient (Wildman–Crippen LogP) is 2.13. The molecule has 0 aliphatic heterocycles. The van der Waals surface area contributed by atoms with Crippen molar-refractivity contribution in [2.24, 2.45) is 7.05 Å². The maximum Gasteiger partial charge on any atom is 0.131 e. The number of hydrogen-bond acceptors (Lipinski definition) is 4. The van der Waals surface area contributed by atoms with Crippen LogP contribution in [0.3, 0.4) is 0 Å². The van der Waals surface area contributed by atoms with Crippen LogP contribution >= 0.6 is 0 Å². The molecule has 0 bridgehead atoms. The molecule has 2 N–H and O–H groups in total. The lowest BCUT2D eigenvalue weighted by Gasteiger charge is -2.02. The summed E-state index contributed by atoms with van der Waals surface area (Å²) >= 11 is 0. The molecule has 3 heterocycles. The zero-order chi connectivity index (χ0) is 13.2. The van der Waals surface area contributed by atoms with E-state index in [9.17, 15) is 0 Å². The van der Waals surface area contributed by atoms with E-state index in [-0.39, 0.29) is 0 Å². The van der Waals surface area contributed by atoms with Crippen LogP contribution in [0.5, 0.6) is 0 Å². The number of rotatable bonds is 2. The topological polar surface area (TPSA) is 69.6 Å². The number of pyridine rings is 2. The third-order valence-electron chi connectivity index (χ3n) is 2.97. The van der Waals surface area contributed by atoms with Gasteiger partial charge in [-0.05, 0) is 24.3 Å². The summed E-state index contributed by atoms with van der Waals surface area (Å²) in [4.78, 5) is 8.38. The lowest BCUT2D eigenvalue weighted by atomic mass is 10.1. The van der Waals surface area contributed by atoms with Crippen LogP contribution < -0.4 is 5.73 Å². The van der Waals surface area contributed by atoms with Gasteiger partial charge in [-0.25, -0.2) is 0 Å². The summed E-state index contributed by atoms with van der Waals surface area (Å²) in [7, 11) is 1.83. The van der Waals surface area contributed by atoms with E-state index in [0.717, 1.165) is 22.5 Å². The molecule has 0 atom stereocenters. The molecule has 5 nitrogen and oxygen atoms in total. The van der Waals surface area contributed by atoms with E-state index in [0.29, 0.717) is 5.82 Å². The van der Waals surface area contributed by atoms with Gasteiger partial charge in [-0.1, -0.05) is 6.07 Å². The second-order valence-corrected chi connectivity index (χ2v) is 4.18. The third kappa shape index (κ3) is 1.95. The smallest absolute Gasteiger partial charge is 0.131 e. The Balaban J connectivity index is 2.25. The van der Waals surface area contributed by atoms with Crippen LogP contribution in [0, 0.1) is 0 Å². The van der Waals surface area contributed by atoms with E-state index in [1.165, 1.54) is 0 Å². The van der Waals surface area contributed by atoms with Gasteiger partial charge in [0.25, 0.3) is 0 Å². The van der Waals surface area contributed by atoms with Crippen LogP contribution in [-0.2, 0) is 7.05 Å². The number of hydrogen-bond donors (Lipinski definition) is 1. The van der Waals surface area contributed by atoms with Crippen molar-refractivity contribution in [1.82, 2.24) is 19.7 Å². The van der Waals surface area contributed by atoms with E-state index in [1.54, 1.807) is 23.3 Å². The monoisotopic (exact) mass is 251 g/mol. The van der Waals surface area contributed by atoms with Gasteiger partial charge >= 0.3 is 0 Å². The van der Waals surface area contributed by atoms with Gasteiger partial charge in [0.15, 0.2) is 0 Å². The van der Waals surface area contributed by atoms with Gasteiger partial charge in [-0.2, -0.15) is 5.10 Å². The predicted molar refractivity (Wildman–Crippen MR) is 74.1 cm³/mol. The lowest BCUT2D eigenvalue weighted by molar-refractivity contribution is 0.782. The Morgan fingerprint density at radius 2 is 1.84 bits per heavy atom. The fourth-order valence-electron chi connectivity index (χ4n) is 2.01. The van der Waals surface area contributed by atoms with E-state index >= 15 is 0 Å². The molecule has 0 radical (unpaired) electrons. The molecule has 0 aromatic carbocycles. The fourth-order valence-corrected chi connectivity index (χ4v) is 2.01. The first-order chi connectivity index (χ1) is 9.27. The lowest BCUT2D eigenvalue weighted by Crippen LogP contribution is -1.98. The normalized spacial score (nSPS) is 10.6. The van der Waals surface area contributed by atoms with Crippen LogP contribution in [0.15, 0.2) is 48.9 Å². The van der Waals surface area contributed by atoms with Crippen molar-refractivity contribution >= 4 is 5.82 Å². The van der Waals surface area contributed by atoms with E-state index in [2.05, 4.69) is 15.1 Å². The van der Waals surface area contributed by atoms with Gasteiger partial charge in [0.2, 0.25) is 0 Å². The molecule has 0 fully saturated rings. The highest BCUT2D eigenvalue weighted by Crippen LogP contribution is 2.34. The second kappa shape index (κ2) is 4.53. The van der Waals surface area contributed by atoms with Gasteiger partial charge in [0.05, 0.1) is 11.3 Å². The molecule has 94 valence electrons. The third-order valence-corrected chi connectivity index (χ3v) is 2.97. The van der Waals surface area contributed by atoms with Crippen molar-refractivity contribution in [3.8, 4) is 22.5 Å². The number of nitrogen functional groups attached to an aromatic ring is 1. The summed E-state index contributed by atoms with van der Waals surface area (Å²) in [5.41, 5.74) is 9.59. The molecule has 0 aliphatic rings. The summed E-state index contributed by atoms with van der Waals surface area (Å²) < 4.78 is 1.67. The molecule has 3 aromatic heterocycles. The fraction of sp³-hybridized carbons (Fsp3) is 0.0714. The van der Waals surface area contributed by atoms with Crippen molar-refractivity contribution in [2.45, 2.75) is 0 Å². The van der Waals surface area contributed by atoms with Crippen molar-refractivity contribution in [3.05, 3.63) is 48.9 Å². The first-order valence-corrected chi connectivity index (χ1v) is 5.91. The standard InChI is InChI=1S/C14H13N5/c1-19-14(15)12(11-4-2-3-7-17-11)13(18-19)10-5-8-16-9-6-10/h2-9H,15H2,1H3. The quantitative estimate of drug-likeness (QED) is 0.757. The van der Waals surface area contributed by atoms with E-state index < -0.39 is 0 Å². The van der Waals surface area contributed by atoms with Crippen LogP contribution in [0.1, 0.15) is 0 Å². The number of nitrogens with zero attached hydrogens (tertiary/aromatic N) is 4. The Kier molecular flexibility index (Phi) is 2.72. The van der Waals surface area contributed by atoms with Crippen LogP contribution in [0.2, 0.25) is 0 Å². The van der Waals surface area contributed by atoms with Crippen LogP contribution in [-0.4, -0.2) is 19.7 Å². The average Bonchev–Trinajstić information content (AvgIpc) is 2.77. The van der Waals surface area contributed by atoms with E-state index in [4.69, 9.17) is 5.73 Å². The van der Waals surface area contributed by atoms with Crippen molar-refractivity contribution in [2.75, 3.05) is 5.73 Å². The first-order valence-electron chi connectivity index (χ1n) is 5.91. The highest BCUT2D eigenvalue weighted by atomic mass is 15.3. The number of anilines is 1. The van der Waals surface area contributed by atoms with Gasteiger partial charge < -0.3 is 5.73 Å². The largest absolute Gasteiger partial charge is 0.383 e. The Bertz CT molecular complexity index is 689. The highest BCUT2D eigenvalue weighted by Gasteiger charge is 2.17. The number of aryl methyl sites for hydroxylation is 1. The second-order valence-electron chi connectivity index (χ2n) is 4.18. The molecule has 0 aliphatic carbocycles. The molecule has 5 heteroatoms. The van der Waals surface area contributed by atoms with Gasteiger partial charge in [-0.15, -0.1) is 0 Å². The van der Waals surface area contributed by atoms with Gasteiger partial charge in [0.1, 0.15) is 11.5 Å². The summed E-state index contributed by atoms with van der Waals surface area (Å²) in [6.07, 6.45) is 5.23. The van der Waals surface area contributed by atoms with Crippen molar-refractivity contribution in [1.29, 1.82) is 0 Å². The Morgan fingerprint density at radius 3 is 2.53 bits per heavy atom. The van der Waals surface area contributed by atoms with Gasteiger partial charge in [0, 0.05) is 31.2 Å². The zero-order valence-corrected chi connectivity index (χ0v) is 10.5. The minimum absolute atomic E-state index is 0.602. The molecular weight excluding hydrogens is 238 g/mol. The highest BCUT2D eigenvalue weighted by molar-refractivity contribution is 5.86. The van der Waals surface area contributed by atoms with Crippen LogP contribution in [0.25, 0.3) is 22.5 Å². The Hall–Kier alpha value is -2.69. The zero-order valence-electron chi connectivity index (χ0n) is 10.5. The summed E-state index contributed by atoms with van der Waals surface area (Å²) in [6, 6.07) is 9.56. The first kappa shape index (κ1) is 11.4. The molecule has 3 aromatic rings. The molecule has 0 unspecified atom stereocenters. The van der Waals surface area contributed by atoms with Gasteiger partial charge in [-0.3, -0.25) is 14.6 Å².